The van der Waals surface area contributed by atoms with E-state index in [0.29, 0.717) is 11.5 Å². The van der Waals surface area contributed by atoms with Crippen molar-refractivity contribution in [2.45, 2.75) is 17.8 Å². The molecule has 1 fully saturated rings. The molecular formula is C15H18O6S. The van der Waals surface area contributed by atoms with Crippen LogP contribution in [0.15, 0.2) is 18.2 Å². The lowest BCUT2D eigenvalue weighted by Crippen LogP contribution is -2.48. The molecule has 0 spiro atoms. The molecule has 0 aromatic heterocycles. The second kappa shape index (κ2) is 5.98. The van der Waals surface area contributed by atoms with Crippen molar-refractivity contribution in [1.29, 1.82) is 0 Å². The van der Waals surface area contributed by atoms with Crippen molar-refractivity contribution in [3.63, 3.8) is 0 Å². The minimum atomic E-state index is -1.67. The topological polar surface area (TPSA) is 85.2 Å². The summed E-state index contributed by atoms with van der Waals surface area (Å²) in [5.74, 6) is 0.201. The molecule has 1 aromatic carbocycles. The number of hydrogen-bond acceptors (Lipinski definition) is 7. The van der Waals surface area contributed by atoms with Crippen LogP contribution in [0.1, 0.15) is 17.7 Å². The van der Waals surface area contributed by atoms with Gasteiger partial charge in [0, 0.05) is 16.9 Å². The van der Waals surface area contributed by atoms with Crippen LogP contribution in [-0.4, -0.2) is 47.5 Å². The number of fused-ring (bicyclic) bond motifs is 1. The molecule has 0 saturated carbocycles. The van der Waals surface area contributed by atoms with Crippen molar-refractivity contribution in [3.05, 3.63) is 23.8 Å². The van der Waals surface area contributed by atoms with Gasteiger partial charge >= 0.3 is 5.97 Å². The largest absolute Gasteiger partial charge is 0.464 e. The van der Waals surface area contributed by atoms with E-state index in [-0.39, 0.29) is 31.0 Å². The number of ether oxygens (including phenoxy) is 3. The number of aliphatic hydroxyl groups excluding tert-OH is 1. The molecule has 1 aromatic rings. The molecule has 2 N–H and O–H groups in total. The zero-order valence-electron chi connectivity index (χ0n) is 12.2. The van der Waals surface area contributed by atoms with Crippen LogP contribution in [0.4, 0.5) is 0 Å². The Morgan fingerprint density at radius 3 is 2.95 bits per heavy atom. The maximum atomic E-state index is 12.1. The van der Waals surface area contributed by atoms with Gasteiger partial charge in [-0.1, -0.05) is 6.07 Å². The van der Waals surface area contributed by atoms with E-state index in [1.54, 1.807) is 13.0 Å². The molecule has 0 radical (unpaired) electrons. The highest BCUT2D eigenvalue weighted by Crippen LogP contribution is 2.51. The molecule has 6 nitrogen and oxygen atoms in total. The third kappa shape index (κ3) is 2.43. The number of hydrogen-bond donors (Lipinski definition) is 2. The first kappa shape index (κ1) is 15.5. The summed E-state index contributed by atoms with van der Waals surface area (Å²) in [7, 11) is 0. The van der Waals surface area contributed by atoms with E-state index in [1.165, 1.54) is 11.8 Å². The van der Waals surface area contributed by atoms with Crippen LogP contribution in [0, 0.1) is 5.92 Å². The van der Waals surface area contributed by atoms with Crippen LogP contribution in [0.5, 0.6) is 11.5 Å². The summed E-state index contributed by atoms with van der Waals surface area (Å²) in [6, 6.07) is 5.50. The lowest BCUT2D eigenvalue weighted by molar-refractivity contribution is -0.169. The molecule has 0 aliphatic carbocycles. The number of rotatable bonds is 4. The summed E-state index contributed by atoms with van der Waals surface area (Å²) in [6.45, 7) is 1.76. The fraction of sp³-hybridized carbons (Fsp3) is 0.533. The van der Waals surface area contributed by atoms with Gasteiger partial charge in [0.05, 0.1) is 13.2 Å². The van der Waals surface area contributed by atoms with E-state index in [1.807, 2.05) is 12.1 Å². The fourth-order valence-electron chi connectivity index (χ4n) is 2.82. The highest BCUT2D eigenvalue weighted by Gasteiger charge is 2.54. The minimum Gasteiger partial charge on any atom is -0.464 e. The summed E-state index contributed by atoms with van der Waals surface area (Å²) in [4.78, 5) is 12.1. The summed E-state index contributed by atoms with van der Waals surface area (Å²) < 4.78 is 15.6. The fourth-order valence-corrected chi connectivity index (χ4v) is 4.47. The van der Waals surface area contributed by atoms with Crippen LogP contribution in [-0.2, 0) is 9.53 Å². The smallest absolute Gasteiger partial charge is 0.339 e. The Kier molecular flexibility index (Phi) is 4.20. The monoisotopic (exact) mass is 326 g/mol. The highest BCUT2D eigenvalue weighted by molar-refractivity contribution is 7.99. The quantitative estimate of drug-likeness (QED) is 0.802. The Morgan fingerprint density at radius 2 is 2.23 bits per heavy atom. The maximum absolute atomic E-state index is 12.1. The second-order valence-electron chi connectivity index (χ2n) is 5.28. The van der Waals surface area contributed by atoms with Crippen LogP contribution in [0.3, 0.4) is 0 Å². The zero-order chi connectivity index (χ0) is 15.7. The third-order valence-corrected chi connectivity index (χ3v) is 5.58. The molecule has 0 amide bonds. The molecule has 3 rings (SSSR count). The van der Waals surface area contributed by atoms with Gasteiger partial charge in [-0.05, 0) is 24.6 Å². The van der Waals surface area contributed by atoms with E-state index >= 15 is 0 Å². The van der Waals surface area contributed by atoms with Crippen molar-refractivity contribution < 1.29 is 29.2 Å². The average molecular weight is 326 g/mol. The Balaban J connectivity index is 1.87. The molecule has 3 atom stereocenters. The SMILES string of the molecule is CCOC(=O)[C@]1(O)CS[C@H](c2ccc3c(c2)OCO3)[C@H]1CO. The number of carbonyl (C=O) groups excluding carboxylic acids is 1. The molecular weight excluding hydrogens is 308 g/mol. The van der Waals surface area contributed by atoms with Gasteiger partial charge in [0.1, 0.15) is 0 Å². The second-order valence-corrected chi connectivity index (χ2v) is 6.41. The van der Waals surface area contributed by atoms with Crippen molar-refractivity contribution in [3.8, 4) is 11.5 Å². The van der Waals surface area contributed by atoms with Crippen molar-refractivity contribution in [2.24, 2.45) is 5.92 Å². The maximum Gasteiger partial charge on any atom is 0.339 e. The summed E-state index contributed by atoms with van der Waals surface area (Å²) in [5.41, 5.74) is -0.787. The Morgan fingerprint density at radius 1 is 1.45 bits per heavy atom. The number of carbonyl (C=O) groups is 1. The predicted molar refractivity (Wildman–Crippen MR) is 79.9 cm³/mol. The van der Waals surface area contributed by atoms with Crippen molar-refractivity contribution >= 4 is 17.7 Å². The molecule has 2 aliphatic rings. The first-order chi connectivity index (χ1) is 10.6. The molecule has 22 heavy (non-hydrogen) atoms. The van der Waals surface area contributed by atoms with E-state index < -0.39 is 17.5 Å². The normalized spacial score (nSPS) is 29.6. The Hall–Kier alpha value is -1.44. The van der Waals surface area contributed by atoms with Gasteiger partial charge in [-0.25, -0.2) is 4.79 Å². The van der Waals surface area contributed by atoms with Gasteiger partial charge in [0.2, 0.25) is 6.79 Å². The van der Waals surface area contributed by atoms with Gasteiger partial charge in [-0.15, -0.1) is 11.8 Å². The standard InChI is InChI=1S/C15H18O6S/c1-2-19-14(17)15(18)7-22-13(10(15)6-16)9-3-4-11-12(5-9)21-8-20-11/h3-5,10,13,16,18H,2,6-8H2,1H3/t10-,13-,15+/m1/s1. The third-order valence-electron chi connectivity index (χ3n) is 4.01. The molecule has 120 valence electrons. The van der Waals surface area contributed by atoms with E-state index in [0.717, 1.165) is 5.56 Å². The lowest BCUT2D eigenvalue weighted by atomic mass is 9.84. The predicted octanol–water partition coefficient (Wildman–Crippen LogP) is 1.11. The number of benzene rings is 1. The van der Waals surface area contributed by atoms with Gasteiger partial charge in [-0.3, -0.25) is 0 Å². The first-order valence-electron chi connectivity index (χ1n) is 7.11. The van der Waals surface area contributed by atoms with Crippen LogP contribution >= 0.6 is 11.8 Å². The molecule has 0 unspecified atom stereocenters. The lowest BCUT2D eigenvalue weighted by Gasteiger charge is -2.28. The van der Waals surface area contributed by atoms with E-state index in [2.05, 4.69) is 0 Å². The molecule has 2 aliphatic heterocycles. The average Bonchev–Trinajstić information content (AvgIpc) is 3.11. The number of thioether (sulfide) groups is 1. The van der Waals surface area contributed by atoms with Gasteiger partial charge in [0.15, 0.2) is 17.1 Å². The molecule has 2 heterocycles. The summed E-state index contributed by atoms with van der Waals surface area (Å²) in [6.07, 6.45) is 0. The summed E-state index contributed by atoms with van der Waals surface area (Å²) >= 11 is 1.43. The summed E-state index contributed by atoms with van der Waals surface area (Å²) in [5, 5.41) is 20.2. The Labute approximate surface area is 132 Å². The number of esters is 1. The zero-order valence-corrected chi connectivity index (χ0v) is 13.0. The van der Waals surface area contributed by atoms with Crippen LogP contribution < -0.4 is 9.47 Å². The van der Waals surface area contributed by atoms with Crippen molar-refractivity contribution in [2.75, 3.05) is 25.8 Å². The molecule has 1 saturated heterocycles. The van der Waals surface area contributed by atoms with Gasteiger partial charge in [0.25, 0.3) is 0 Å². The van der Waals surface area contributed by atoms with Crippen molar-refractivity contribution in [1.82, 2.24) is 0 Å². The van der Waals surface area contributed by atoms with Crippen LogP contribution in [0.2, 0.25) is 0 Å². The Bertz CT molecular complexity index is 577. The highest BCUT2D eigenvalue weighted by atomic mass is 32.2. The molecule has 7 heteroatoms. The van der Waals surface area contributed by atoms with E-state index in [4.69, 9.17) is 14.2 Å². The minimum absolute atomic E-state index is 0.187. The van der Waals surface area contributed by atoms with E-state index in [9.17, 15) is 15.0 Å². The first-order valence-corrected chi connectivity index (χ1v) is 8.16. The van der Waals surface area contributed by atoms with Gasteiger partial charge < -0.3 is 24.4 Å². The molecule has 0 bridgehead atoms. The number of aliphatic hydroxyl groups is 2. The van der Waals surface area contributed by atoms with Crippen LogP contribution in [0.25, 0.3) is 0 Å². The van der Waals surface area contributed by atoms with Gasteiger partial charge in [-0.2, -0.15) is 0 Å².